The fourth-order valence-electron chi connectivity index (χ4n) is 9.94. The minimum atomic E-state index is 0.490. The molecule has 0 amide bonds. The summed E-state index contributed by atoms with van der Waals surface area (Å²) in [5.74, 6) is 4.45. The van der Waals surface area contributed by atoms with E-state index in [9.17, 15) is 0 Å². The zero-order valence-corrected chi connectivity index (χ0v) is 21.3. The lowest BCUT2D eigenvalue weighted by Gasteiger charge is -2.61. The number of ether oxygens (including phenoxy) is 1. The molecular formula is C30H47NO2. The molecule has 0 bridgehead atoms. The van der Waals surface area contributed by atoms with Gasteiger partial charge in [0.2, 0.25) is 0 Å². The highest BCUT2D eigenvalue weighted by molar-refractivity contribution is 5.22. The monoisotopic (exact) mass is 453 g/mol. The predicted octanol–water partition coefficient (Wildman–Crippen LogP) is 7.28. The summed E-state index contributed by atoms with van der Waals surface area (Å²) in [6, 6.07) is 2.25. The Morgan fingerprint density at radius 2 is 1.79 bits per heavy atom. The van der Waals surface area contributed by atoms with Crippen LogP contribution in [0.2, 0.25) is 0 Å². The Bertz CT molecular complexity index is 785. The summed E-state index contributed by atoms with van der Waals surface area (Å²) in [6.45, 7) is 10.2. The van der Waals surface area contributed by atoms with Gasteiger partial charge >= 0.3 is 0 Å². The van der Waals surface area contributed by atoms with Crippen LogP contribution in [-0.4, -0.2) is 37.2 Å². The van der Waals surface area contributed by atoms with Gasteiger partial charge in [0.25, 0.3) is 0 Å². The smallest absolute Gasteiger partial charge is 0.0937 e. The van der Waals surface area contributed by atoms with Crippen molar-refractivity contribution in [2.24, 2.45) is 34.5 Å². The quantitative estimate of drug-likeness (QED) is 0.423. The van der Waals surface area contributed by atoms with Gasteiger partial charge in [0.05, 0.1) is 18.6 Å². The highest BCUT2D eigenvalue weighted by Gasteiger charge is 2.60. The first-order valence-electron chi connectivity index (χ1n) is 14.4. The number of nitrogens with zero attached hydrogens (tertiary/aromatic N) is 1. The number of likely N-dealkylation sites (tertiary alicyclic amines) is 1. The van der Waals surface area contributed by atoms with E-state index < -0.39 is 0 Å². The summed E-state index contributed by atoms with van der Waals surface area (Å²) in [5.41, 5.74) is 2.53. The lowest BCUT2D eigenvalue weighted by Crippen LogP contribution is -2.53. The molecule has 0 N–H and O–H groups in total. The maximum absolute atomic E-state index is 6.48. The van der Waals surface area contributed by atoms with Crippen LogP contribution in [0.15, 0.2) is 23.0 Å². The predicted molar refractivity (Wildman–Crippen MR) is 133 cm³/mol. The lowest BCUT2D eigenvalue weighted by atomic mass is 9.44. The van der Waals surface area contributed by atoms with Crippen LogP contribution >= 0.6 is 0 Å². The number of furan rings is 1. The summed E-state index contributed by atoms with van der Waals surface area (Å²) < 4.78 is 12.0. The molecular weight excluding hydrogens is 406 g/mol. The van der Waals surface area contributed by atoms with E-state index in [0.717, 1.165) is 36.2 Å². The van der Waals surface area contributed by atoms with Gasteiger partial charge in [-0.3, -0.25) is 0 Å². The van der Waals surface area contributed by atoms with E-state index in [-0.39, 0.29) is 0 Å². The van der Waals surface area contributed by atoms with E-state index in [1.165, 1.54) is 102 Å². The van der Waals surface area contributed by atoms with Gasteiger partial charge in [-0.1, -0.05) is 13.8 Å². The second-order valence-corrected chi connectivity index (χ2v) is 13.1. The van der Waals surface area contributed by atoms with Crippen LogP contribution in [0.3, 0.4) is 0 Å². The zero-order chi connectivity index (χ0) is 22.5. The van der Waals surface area contributed by atoms with Crippen molar-refractivity contribution in [1.29, 1.82) is 0 Å². The fourth-order valence-corrected chi connectivity index (χ4v) is 9.94. The molecule has 5 aliphatic rings. The van der Waals surface area contributed by atoms with Crippen molar-refractivity contribution in [3.63, 3.8) is 0 Å². The number of hydrogen-bond acceptors (Lipinski definition) is 3. The van der Waals surface area contributed by atoms with Gasteiger partial charge in [0.1, 0.15) is 0 Å². The van der Waals surface area contributed by atoms with Gasteiger partial charge in [-0.05, 0) is 142 Å². The van der Waals surface area contributed by atoms with Crippen LogP contribution in [-0.2, 0) is 4.74 Å². The molecule has 1 saturated heterocycles. The summed E-state index contributed by atoms with van der Waals surface area (Å²) in [7, 11) is 0. The standard InChI is InChI=1S/C30H47NO2/c1-29-13-10-24(33-18-5-17-31-15-3-4-16-31)20-23(29)6-7-25-27-9-8-26(22-12-19-32-21-22)30(27,2)14-11-28(25)29/h12,19,21,23-28H,3-11,13-18,20H2,1-2H3/t23-,24-,25-,26+,27-,28-,29-,30+/m0/s1. The molecule has 0 radical (unpaired) electrons. The van der Waals surface area contributed by atoms with Crippen LogP contribution < -0.4 is 0 Å². The van der Waals surface area contributed by atoms with Crippen LogP contribution in [0.1, 0.15) is 102 Å². The Morgan fingerprint density at radius 3 is 2.61 bits per heavy atom. The SMILES string of the molecule is C[C@]12CC[C@H](OCCCN3CCCC3)C[C@@H]1CC[C@@H]1[C@@H]2CC[C@]2(C)[C@@H](c3ccoc3)CC[C@@H]12. The van der Waals surface area contributed by atoms with Crippen LogP contribution in [0.25, 0.3) is 0 Å². The van der Waals surface area contributed by atoms with E-state index in [4.69, 9.17) is 9.15 Å². The topological polar surface area (TPSA) is 25.6 Å². The largest absolute Gasteiger partial charge is 0.472 e. The van der Waals surface area contributed by atoms with Gasteiger partial charge in [0, 0.05) is 13.2 Å². The molecule has 0 aromatic carbocycles. The molecule has 8 atom stereocenters. The third-order valence-corrected chi connectivity index (χ3v) is 11.7. The Kier molecular flexibility index (Phi) is 6.18. The van der Waals surface area contributed by atoms with Gasteiger partial charge in [-0.25, -0.2) is 0 Å². The van der Waals surface area contributed by atoms with Gasteiger partial charge in [-0.15, -0.1) is 0 Å². The number of hydrogen-bond donors (Lipinski definition) is 0. The molecule has 4 aliphatic carbocycles. The normalized spacial score (nSPS) is 45.5. The molecule has 1 aromatic heterocycles. The Labute approximate surface area is 202 Å². The lowest BCUT2D eigenvalue weighted by molar-refractivity contribution is -0.131. The first kappa shape index (κ1) is 22.7. The van der Waals surface area contributed by atoms with E-state index in [0.29, 0.717) is 16.9 Å². The summed E-state index contributed by atoms with van der Waals surface area (Å²) in [6.07, 6.45) is 21.1. The molecule has 3 nitrogen and oxygen atoms in total. The van der Waals surface area contributed by atoms with Gasteiger partial charge in [-0.2, -0.15) is 0 Å². The number of fused-ring (bicyclic) bond motifs is 5. The van der Waals surface area contributed by atoms with Crippen molar-refractivity contribution in [3.8, 4) is 0 Å². The minimum absolute atomic E-state index is 0.490. The summed E-state index contributed by atoms with van der Waals surface area (Å²) in [4.78, 5) is 2.62. The van der Waals surface area contributed by atoms with Gasteiger partial charge in [0.15, 0.2) is 0 Å². The average molecular weight is 454 g/mol. The van der Waals surface area contributed by atoms with Crippen molar-refractivity contribution in [2.75, 3.05) is 26.2 Å². The highest BCUT2D eigenvalue weighted by atomic mass is 16.5. The maximum atomic E-state index is 6.48. The van der Waals surface area contributed by atoms with Crippen molar-refractivity contribution in [1.82, 2.24) is 4.90 Å². The third-order valence-electron chi connectivity index (χ3n) is 11.7. The molecule has 184 valence electrons. The summed E-state index contributed by atoms with van der Waals surface area (Å²) >= 11 is 0. The second kappa shape index (κ2) is 9.01. The maximum Gasteiger partial charge on any atom is 0.0937 e. The van der Waals surface area contributed by atoms with E-state index in [2.05, 4.69) is 24.8 Å². The molecule has 6 rings (SSSR count). The molecule has 1 aliphatic heterocycles. The average Bonchev–Trinajstić information content (AvgIpc) is 3.57. The van der Waals surface area contributed by atoms with Gasteiger partial charge < -0.3 is 14.1 Å². The molecule has 0 spiro atoms. The van der Waals surface area contributed by atoms with Crippen molar-refractivity contribution >= 4 is 0 Å². The number of rotatable bonds is 6. The van der Waals surface area contributed by atoms with Crippen LogP contribution in [0, 0.1) is 34.5 Å². The first-order chi connectivity index (χ1) is 16.1. The Morgan fingerprint density at radius 1 is 0.970 bits per heavy atom. The summed E-state index contributed by atoms with van der Waals surface area (Å²) in [5, 5.41) is 0. The fraction of sp³-hybridized carbons (Fsp3) is 0.867. The molecule has 33 heavy (non-hydrogen) atoms. The van der Waals surface area contributed by atoms with Crippen molar-refractivity contribution < 1.29 is 9.15 Å². The molecule has 2 heterocycles. The minimum Gasteiger partial charge on any atom is -0.472 e. The Balaban J connectivity index is 1.07. The molecule has 1 aromatic rings. The molecule has 3 heteroatoms. The van der Waals surface area contributed by atoms with E-state index in [1.807, 2.05) is 12.5 Å². The van der Waals surface area contributed by atoms with Crippen molar-refractivity contribution in [3.05, 3.63) is 24.2 Å². The zero-order valence-electron chi connectivity index (χ0n) is 21.3. The molecule has 0 unspecified atom stereocenters. The Hall–Kier alpha value is -0.800. The van der Waals surface area contributed by atoms with Crippen molar-refractivity contribution in [2.45, 2.75) is 103 Å². The molecule has 5 fully saturated rings. The first-order valence-corrected chi connectivity index (χ1v) is 14.4. The highest BCUT2D eigenvalue weighted by Crippen LogP contribution is 2.69. The second-order valence-electron chi connectivity index (χ2n) is 13.1. The third kappa shape index (κ3) is 3.94. The van der Waals surface area contributed by atoms with E-state index in [1.54, 1.807) is 0 Å². The van der Waals surface area contributed by atoms with Crippen LogP contribution in [0.5, 0.6) is 0 Å². The van der Waals surface area contributed by atoms with Crippen LogP contribution in [0.4, 0.5) is 0 Å². The van der Waals surface area contributed by atoms with E-state index >= 15 is 0 Å². The molecule has 4 saturated carbocycles.